The molecule has 5 heteroatoms. The summed E-state index contributed by atoms with van der Waals surface area (Å²) >= 11 is 3.09. The second-order valence-electron chi connectivity index (χ2n) is 3.20. The fraction of sp³-hybridized carbons (Fsp3) is 0.300. The first-order chi connectivity index (χ1) is 6.99. The van der Waals surface area contributed by atoms with Gasteiger partial charge in [-0.15, -0.1) is 0 Å². The lowest BCUT2D eigenvalue weighted by atomic mass is 10.0. The van der Waals surface area contributed by atoms with Crippen LogP contribution in [0.5, 0.6) is 11.5 Å². The summed E-state index contributed by atoms with van der Waals surface area (Å²) in [5, 5.41) is 21.5. The highest BCUT2D eigenvalue weighted by molar-refractivity contribution is 9.10. The smallest absolute Gasteiger partial charge is 0.178 e. The number of aromatic hydroxyl groups is 2. The summed E-state index contributed by atoms with van der Waals surface area (Å²) in [6.45, 7) is 1.89. The van der Waals surface area contributed by atoms with E-state index in [0.29, 0.717) is 11.1 Å². The molecule has 82 valence electrons. The molecule has 0 heterocycles. The lowest BCUT2D eigenvalue weighted by Crippen LogP contribution is -2.19. The minimum atomic E-state index is -0.306. The van der Waals surface area contributed by atoms with Gasteiger partial charge in [-0.2, -0.15) is 0 Å². The SMILES string of the molecule is CNCC(=O)c1c(C)cc(O)c(O)c1Br. The number of aryl methyl sites for hydroxylation is 1. The Morgan fingerprint density at radius 2 is 2.13 bits per heavy atom. The average Bonchev–Trinajstić information content (AvgIpc) is 2.15. The zero-order valence-electron chi connectivity index (χ0n) is 8.47. The first-order valence-corrected chi connectivity index (χ1v) is 5.17. The Morgan fingerprint density at radius 1 is 1.53 bits per heavy atom. The van der Waals surface area contributed by atoms with E-state index in [9.17, 15) is 15.0 Å². The summed E-state index contributed by atoms with van der Waals surface area (Å²) in [4.78, 5) is 11.7. The minimum Gasteiger partial charge on any atom is -0.504 e. The van der Waals surface area contributed by atoms with E-state index in [0.717, 1.165) is 0 Å². The third kappa shape index (κ3) is 2.30. The number of ketones is 1. The third-order valence-corrected chi connectivity index (χ3v) is 2.81. The van der Waals surface area contributed by atoms with Crippen LogP contribution in [-0.4, -0.2) is 29.6 Å². The summed E-state index contributed by atoms with van der Waals surface area (Å²) in [5.74, 6) is -0.683. The second-order valence-corrected chi connectivity index (χ2v) is 4.00. The predicted molar refractivity (Wildman–Crippen MR) is 60.5 cm³/mol. The number of phenolic OH excluding ortho intramolecular Hbond substituents is 2. The van der Waals surface area contributed by atoms with Crippen molar-refractivity contribution in [3.8, 4) is 11.5 Å². The number of halogens is 1. The van der Waals surface area contributed by atoms with Gasteiger partial charge < -0.3 is 15.5 Å². The van der Waals surface area contributed by atoms with E-state index in [-0.39, 0.29) is 28.3 Å². The number of nitrogens with one attached hydrogen (secondary N) is 1. The zero-order chi connectivity index (χ0) is 11.6. The number of rotatable bonds is 3. The molecular formula is C10H12BrNO3. The fourth-order valence-corrected chi connectivity index (χ4v) is 2.08. The molecule has 0 atom stereocenters. The quantitative estimate of drug-likeness (QED) is 0.578. The number of benzene rings is 1. The molecule has 0 aliphatic rings. The van der Waals surface area contributed by atoms with E-state index >= 15 is 0 Å². The summed E-state index contributed by atoms with van der Waals surface area (Å²) in [5.41, 5.74) is 1.01. The van der Waals surface area contributed by atoms with Gasteiger partial charge in [-0.25, -0.2) is 0 Å². The molecule has 1 aromatic carbocycles. The number of phenols is 2. The van der Waals surface area contributed by atoms with Gasteiger partial charge in [-0.3, -0.25) is 4.79 Å². The number of carbonyl (C=O) groups is 1. The van der Waals surface area contributed by atoms with Crippen molar-refractivity contribution in [2.45, 2.75) is 6.92 Å². The number of Topliss-reactive ketones (excluding diaryl/α,β-unsaturated/α-hetero) is 1. The van der Waals surface area contributed by atoms with Crippen molar-refractivity contribution in [2.75, 3.05) is 13.6 Å². The molecule has 0 fully saturated rings. The topological polar surface area (TPSA) is 69.6 Å². The molecule has 0 bridgehead atoms. The minimum absolute atomic E-state index is 0.142. The van der Waals surface area contributed by atoms with E-state index < -0.39 is 0 Å². The van der Waals surface area contributed by atoms with E-state index in [1.807, 2.05) is 0 Å². The van der Waals surface area contributed by atoms with Crippen LogP contribution in [0.2, 0.25) is 0 Å². The van der Waals surface area contributed by atoms with E-state index in [1.165, 1.54) is 6.07 Å². The van der Waals surface area contributed by atoms with Gasteiger partial charge in [0.05, 0.1) is 11.0 Å². The number of hydrogen-bond donors (Lipinski definition) is 3. The highest BCUT2D eigenvalue weighted by atomic mass is 79.9. The van der Waals surface area contributed by atoms with Crippen LogP contribution in [0.15, 0.2) is 10.5 Å². The standard InChI is InChI=1S/C10H12BrNO3/c1-5-3-6(13)10(15)9(11)8(5)7(14)4-12-2/h3,12-13,15H,4H2,1-2H3. The van der Waals surface area contributed by atoms with Crippen molar-refractivity contribution >= 4 is 21.7 Å². The highest BCUT2D eigenvalue weighted by Crippen LogP contribution is 2.37. The van der Waals surface area contributed by atoms with Crippen LogP contribution in [0.1, 0.15) is 15.9 Å². The molecular weight excluding hydrogens is 262 g/mol. The summed E-state index contributed by atoms with van der Waals surface area (Å²) < 4.78 is 0.236. The van der Waals surface area contributed by atoms with Gasteiger partial charge in [0.15, 0.2) is 17.3 Å². The largest absolute Gasteiger partial charge is 0.504 e. The molecule has 0 saturated heterocycles. The van der Waals surface area contributed by atoms with Gasteiger partial charge in [0, 0.05) is 5.56 Å². The van der Waals surface area contributed by atoms with Crippen molar-refractivity contribution < 1.29 is 15.0 Å². The second kappa shape index (κ2) is 4.63. The molecule has 1 aromatic rings. The third-order valence-electron chi connectivity index (χ3n) is 2.03. The van der Waals surface area contributed by atoms with E-state index in [2.05, 4.69) is 21.2 Å². The molecule has 0 spiro atoms. The Labute approximate surface area is 96.1 Å². The molecule has 0 unspecified atom stereocenters. The van der Waals surface area contributed by atoms with Gasteiger partial charge in [0.25, 0.3) is 0 Å². The summed E-state index contributed by atoms with van der Waals surface area (Å²) in [6, 6.07) is 1.36. The highest BCUT2D eigenvalue weighted by Gasteiger charge is 2.18. The van der Waals surface area contributed by atoms with Crippen LogP contribution < -0.4 is 5.32 Å². The van der Waals surface area contributed by atoms with E-state index in [4.69, 9.17) is 0 Å². The van der Waals surface area contributed by atoms with Crippen LogP contribution >= 0.6 is 15.9 Å². The van der Waals surface area contributed by atoms with Gasteiger partial charge in [-0.1, -0.05) is 0 Å². The Morgan fingerprint density at radius 3 is 2.67 bits per heavy atom. The number of hydrogen-bond acceptors (Lipinski definition) is 4. The Kier molecular flexibility index (Phi) is 3.71. The molecule has 0 aliphatic carbocycles. The maximum atomic E-state index is 11.7. The fourth-order valence-electron chi connectivity index (χ4n) is 1.34. The van der Waals surface area contributed by atoms with Crippen molar-refractivity contribution in [1.29, 1.82) is 0 Å². The monoisotopic (exact) mass is 273 g/mol. The van der Waals surface area contributed by atoms with Crippen LogP contribution in [0.4, 0.5) is 0 Å². The molecule has 0 aromatic heterocycles. The van der Waals surface area contributed by atoms with Crippen molar-refractivity contribution in [3.63, 3.8) is 0 Å². The molecule has 0 amide bonds. The lowest BCUT2D eigenvalue weighted by molar-refractivity contribution is 0.0992. The van der Waals surface area contributed by atoms with Crippen LogP contribution in [0.25, 0.3) is 0 Å². The molecule has 0 radical (unpaired) electrons. The maximum Gasteiger partial charge on any atom is 0.178 e. The Hall–Kier alpha value is -1.07. The van der Waals surface area contributed by atoms with Crippen LogP contribution in [0.3, 0.4) is 0 Å². The van der Waals surface area contributed by atoms with Crippen LogP contribution in [-0.2, 0) is 0 Å². The van der Waals surface area contributed by atoms with Crippen molar-refractivity contribution in [1.82, 2.24) is 5.32 Å². The molecule has 4 nitrogen and oxygen atoms in total. The zero-order valence-corrected chi connectivity index (χ0v) is 10.1. The Balaban J connectivity index is 3.29. The molecule has 15 heavy (non-hydrogen) atoms. The first kappa shape index (κ1) is 12.0. The molecule has 0 saturated carbocycles. The van der Waals surface area contributed by atoms with Crippen molar-refractivity contribution in [2.24, 2.45) is 0 Å². The maximum absolute atomic E-state index is 11.7. The Bertz CT molecular complexity index is 404. The lowest BCUT2D eigenvalue weighted by Gasteiger charge is -2.10. The number of likely N-dealkylation sites (N-methyl/N-ethyl adjacent to an activating group) is 1. The summed E-state index contributed by atoms with van der Waals surface area (Å²) in [7, 11) is 1.67. The average molecular weight is 274 g/mol. The molecule has 0 aliphatic heterocycles. The molecule has 3 N–H and O–H groups in total. The molecule has 1 rings (SSSR count). The van der Waals surface area contributed by atoms with E-state index in [1.54, 1.807) is 14.0 Å². The summed E-state index contributed by atoms with van der Waals surface area (Å²) in [6.07, 6.45) is 0. The van der Waals surface area contributed by atoms with Gasteiger partial charge in [-0.05, 0) is 41.5 Å². The van der Waals surface area contributed by atoms with Gasteiger partial charge in [0.1, 0.15) is 0 Å². The normalized spacial score (nSPS) is 10.3. The predicted octanol–water partition coefficient (Wildman–Crippen LogP) is 1.57. The first-order valence-electron chi connectivity index (χ1n) is 4.37. The van der Waals surface area contributed by atoms with Crippen LogP contribution in [0, 0.1) is 6.92 Å². The van der Waals surface area contributed by atoms with Gasteiger partial charge in [0.2, 0.25) is 0 Å². The van der Waals surface area contributed by atoms with Gasteiger partial charge >= 0.3 is 0 Å². The number of carbonyl (C=O) groups excluding carboxylic acids is 1. The van der Waals surface area contributed by atoms with Crippen molar-refractivity contribution in [3.05, 3.63) is 21.7 Å².